The molecule has 1 heterocycles. The summed E-state index contributed by atoms with van der Waals surface area (Å²) in [6.45, 7) is 0.140. The van der Waals surface area contributed by atoms with Crippen molar-refractivity contribution in [1.29, 1.82) is 0 Å². The quantitative estimate of drug-likeness (QED) is 0.139. The number of halogens is 6. The van der Waals surface area contributed by atoms with E-state index in [4.69, 9.17) is 28.3 Å². The van der Waals surface area contributed by atoms with Crippen molar-refractivity contribution in [1.82, 2.24) is 4.98 Å². The Balaban J connectivity index is 1.56. The highest BCUT2D eigenvalue weighted by molar-refractivity contribution is 6.34. The maximum atomic E-state index is 13.5. The second-order valence-electron chi connectivity index (χ2n) is 9.15. The van der Waals surface area contributed by atoms with E-state index in [9.17, 15) is 27.2 Å². The predicted octanol–water partition coefficient (Wildman–Crippen LogP) is 8.93. The van der Waals surface area contributed by atoms with E-state index in [2.05, 4.69) is 10.3 Å². The Morgan fingerprint density at radius 3 is 2.24 bits per heavy atom. The van der Waals surface area contributed by atoms with Crippen LogP contribution in [0.3, 0.4) is 0 Å². The molecular formula is C30H22Cl2F4N2O3. The minimum absolute atomic E-state index is 0.00702. The molecule has 0 radical (unpaired) electrons. The lowest BCUT2D eigenvalue weighted by Gasteiger charge is -2.16. The van der Waals surface area contributed by atoms with Crippen LogP contribution in [-0.2, 0) is 17.5 Å². The summed E-state index contributed by atoms with van der Waals surface area (Å²) in [7, 11) is 0. The summed E-state index contributed by atoms with van der Waals surface area (Å²) < 4.78 is 54.1. The third kappa shape index (κ3) is 7.62. The van der Waals surface area contributed by atoms with E-state index >= 15 is 0 Å². The molecule has 212 valence electrons. The Kier molecular flexibility index (Phi) is 9.30. The molecule has 0 aliphatic carbocycles. The Bertz CT molecular complexity index is 1590. The maximum absolute atomic E-state index is 13.5. The molecule has 0 unspecified atom stereocenters. The number of aromatic nitrogens is 1. The number of benzene rings is 3. The van der Waals surface area contributed by atoms with Gasteiger partial charge in [0.25, 0.3) is 0 Å². The number of carboxylic acids is 1. The summed E-state index contributed by atoms with van der Waals surface area (Å²) in [6.07, 6.45) is -3.25. The second-order valence-corrected chi connectivity index (χ2v) is 9.96. The molecule has 11 heteroatoms. The van der Waals surface area contributed by atoms with Gasteiger partial charge in [-0.3, -0.25) is 14.6 Å². The largest absolute Gasteiger partial charge is 0.481 e. The van der Waals surface area contributed by atoms with E-state index < -0.39 is 23.5 Å². The molecule has 0 aliphatic rings. The SMILES string of the molecule is O=C(O)CCCC(=O)c1ccc(-c2cc(C(F)(F)F)ccc2CNc2ccc(-c3ccc(F)c(Cl)c3)c(Cl)c2)cn1. The molecule has 0 saturated carbocycles. The molecule has 1 aromatic heterocycles. The van der Waals surface area contributed by atoms with E-state index in [0.29, 0.717) is 33.0 Å². The number of carboxylic acid groups (broad SMARTS) is 1. The number of nitrogens with one attached hydrogen (secondary N) is 1. The number of aliphatic carboxylic acids is 1. The lowest BCUT2D eigenvalue weighted by molar-refractivity contribution is -0.138. The molecule has 2 N–H and O–H groups in total. The van der Waals surface area contributed by atoms with E-state index in [1.165, 1.54) is 36.5 Å². The van der Waals surface area contributed by atoms with Crippen LogP contribution in [0.5, 0.6) is 0 Å². The van der Waals surface area contributed by atoms with Crippen LogP contribution in [0.25, 0.3) is 22.3 Å². The Hall–Kier alpha value is -3.95. The summed E-state index contributed by atoms with van der Waals surface area (Å²) in [5.74, 6) is -1.92. The number of hydrogen-bond acceptors (Lipinski definition) is 4. The third-order valence-electron chi connectivity index (χ3n) is 6.27. The zero-order chi connectivity index (χ0) is 29.7. The van der Waals surface area contributed by atoms with E-state index in [1.54, 1.807) is 24.3 Å². The molecule has 3 aromatic carbocycles. The average Bonchev–Trinajstić information content (AvgIpc) is 2.93. The van der Waals surface area contributed by atoms with Gasteiger partial charge in [0, 0.05) is 42.4 Å². The van der Waals surface area contributed by atoms with Crippen molar-refractivity contribution in [3.8, 4) is 22.3 Å². The average molecular weight is 605 g/mol. The van der Waals surface area contributed by atoms with Gasteiger partial charge in [0.05, 0.1) is 15.6 Å². The molecule has 0 bridgehead atoms. The lowest BCUT2D eigenvalue weighted by Crippen LogP contribution is -2.08. The highest BCUT2D eigenvalue weighted by atomic mass is 35.5. The van der Waals surface area contributed by atoms with Crippen LogP contribution in [0.1, 0.15) is 40.9 Å². The highest BCUT2D eigenvalue weighted by Crippen LogP contribution is 2.36. The number of rotatable bonds is 10. The topological polar surface area (TPSA) is 79.3 Å². The number of Topliss-reactive ketones (excluding diaryl/α,β-unsaturated/α-hetero) is 1. The maximum Gasteiger partial charge on any atom is 0.416 e. The van der Waals surface area contributed by atoms with Crippen LogP contribution in [-0.4, -0.2) is 21.8 Å². The normalized spacial score (nSPS) is 11.4. The first-order valence-corrected chi connectivity index (χ1v) is 13.1. The van der Waals surface area contributed by atoms with Gasteiger partial charge < -0.3 is 10.4 Å². The minimum atomic E-state index is -4.57. The van der Waals surface area contributed by atoms with Crippen molar-refractivity contribution < 1.29 is 32.3 Å². The first kappa shape index (κ1) is 30.0. The molecule has 0 spiro atoms. The number of hydrogen-bond donors (Lipinski definition) is 2. The van der Waals surface area contributed by atoms with Crippen molar-refractivity contribution in [2.24, 2.45) is 0 Å². The Morgan fingerprint density at radius 1 is 0.854 bits per heavy atom. The molecule has 0 atom stereocenters. The van der Waals surface area contributed by atoms with Gasteiger partial charge >= 0.3 is 12.1 Å². The monoisotopic (exact) mass is 604 g/mol. The molecule has 4 aromatic rings. The second kappa shape index (κ2) is 12.7. The van der Waals surface area contributed by atoms with Crippen molar-refractivity contribution in [3.05, 3.63) is 106 Å². The summed E-state index contributed by atoms with van der Waals surface area (Å²) in [5, 5.41) is 12.2. The van der Waals surface area contributed by atoms with Gasteiger partial charge in [-0.1, -0.05) is 47.5 Å². The third-order valence-corrected chi connectivity index (χ3v) is 6.88. The molecule has 0 aliphatic heterocycles. The van der Waals surface area contributed by atoms with E-state index in [1.807, 2.05) is 0 Å². The van der Waals surface area contributed by atoms with Gasteiger partial charge in [-0.2, -0.15) is 13.2 Å². The Labute approximate surface area is 242 Å². The number of pyridine rings is 1. The van der Waals surface area contributed by atoms with Crippen LogP contribution in [0, 0.1) is 5.82 Å². The van der Waals surface area contributed by atoms with Gasteiger partial charge in [-0.05, 0) is 65.6 Å². The van der Waals surface area contributed by atoms with E-state index in [-0.39, 0.29) is 47.9 Å². The standard InChI is InChI=1S/C30H22Cl2F4N2O3/c31-24-14-21(8-9-22(24)17-5-10-26(33)25(32)12-17)37-15-18-4-7-20(30(34,35)36)13-23(18)19-6-11-27(38-16-19)28(39)2-1-3-29(40)41/h4-14,16,37H,1-3,15H2,(H,40,41). The van der Waals surface area contributed by atoms with Gasteiger partial charge in [-0.25, -0.2) is 4.39 Å². The van der Waals surface area contributed by atoms with Gasteiger partial charge in [0.1, 0.15) is 11.5 Å². The van der Waals surface area contributed by atoms with Crippen molar-refractivity contribution in [3.63, 3.8) is 0 Å². The number of carbonyl (C=O) groups excluding carboxylic acids is 1. The fourth-order valence-electron chi connectivity index (χ4n) is 4.14. The molecule has 0 fully saturated rings. The predicted molar refractivity (Wildman–Crippen MR) is 150 cm³/mol. The molecule has 5 nitrogen and oxygen atoms in total. The number of ketones is 1. The van der Waals surface area contributed by atoms with Gasteiger partial charge in [0.15, 0.2) is 5.78 Å². The summed E-state index contributed by atoms with van der Waals surface area (Å²) in [6, 6.07) is 15.6. The highest BCUT2D eigenvalue weighted by Gasteiger charge is 2.31. The van der Waals surface area contributed by atoms with E-state index in [0.717, 1.165) is 12.1 Å². The van der Waals surface area contributed by atoms with Crippen LogP contribution in [0.2, 0.25) is 10.0 Å². The zero-order valence-electron chi connectivity index (χ0n) is 21.2. The van der Waals surface area contributed by atoms with Gasteiger partial charge in [0.2, 0.25) is 0 Å². The zero-order valence-corrected chi connectivity index (χ0v) is 22.7. The molecule has 41 heavy (non-hydrogen) atoms. The number of anilines is 1. The van der Waals surface area contributed by atoms with Gasteiger partial charge in [-0.15, -0.1) is 0 Å². The van der Waals surface area contributed by atoms with Crippen LogP contribution in [0.15, 0.2) is 72.9 Å². The van der Waals surface area contributed by atoms with Crippen molar-refractivity contribution >= 4 is 40.6 Å². The molecule has 0 amide bonds. The first-order chi connectivity index (χ1) is 19.4. The lowest BCUT2D eigenvalue weighted by atomic mass is 9.97. The number of nitrogens with zero attached hydrogens (tertiary/aromatic N) is 1. The van der Waals surface area contributed by atoms with Crippen molar-refractivity contribution in [2.75, 3.05) is 5.32 Å². The Morgan fingerprint density at radius 2 is 1.61 bits per heavy atom. The molecule has 0 saturated heterocycles. The molecule has 4 rings (SSSR count). The summed E-state index contributed by atoms with van der Waals surface area (Å²) >= 11 is 12.3. The van der Waals surface area contributed by atoms with Crippen LogP contribution >= 0.6 is 23.2 Å². The number of alkyl halides is 3. The fourth-order valence-corrected chi connectivity index (χ4v) is 4.61. The summed E-state index contributed by atoms with van der Waals surface area (Å²) in [4.78, 5) is 27.1. The van der Waals surface area contributed by atoms with Crippen LogP contribution < -0.4 is 5.32 Å². The summed E-state index contributed by atoms with van der Waals surface area (Å²) in [5.41, 5.74) is 2.28. The smallest absolute Gasteiger partial charge is 0.416 e. The fraction of sp³-hybridized carbons (Fsp3) is 0.167. The number of carbonyl (C=O) groups is 2. The minimum Gasteiger partial charge on any atom is -0.481 e. The molecular weight excluding hydrogens is 583 g/mol. The van der Waals surface area contributed by atoms with Crippen molar-refractivity contribution in [2.45, 2.75) is 32.0 Å². The first-order valence-electron chi connectivity index (χ1n) is 12.3. The van der Waals surface area contributed by atoms with Crippen LogP contribution in [0.4, 0.5) is 23.2 Å².